The van der Waals surface area contributed by atoms with E-state index in [4.69, 9.17) is 0 Å². The third kappa shape index (κ3) is 7.31. The number of benzene rings is 2. The molecule has 15 nitrogen and oxygen atoms in total. The van der Waals surface area contributed by atoms with E-state index in [0.717, 1.165) is 24.3 Å². The van der Waals surface area contributed by atoms with Crippen LogP contribution in [-0.4, -0.2) is 62.0 Å². The Balaban J connectivity index is 2.18. The van der Waals surface area contributed by atoms with Gasteiger partial charge in [0.05, 0.1) is 15.5 Å². The van der Waals surface area contributed by atoms with E-state index >= 15 is 0 Å². The maximum Gasteiger partial charge on any atom is 0.296 e. The minimum absolute atomic E-state index is 0.0108. The molecule has 0 atom stereocenters. The van der Waals surface area contributed by atoms with Crippen LogP contribution in [0, 0.1) is 6.92 Å². The van der Waals surface area contributed by atoms with Crippen molar-refractivity contribution in [2.45, 2.75) is 35.5 Å². The first-order chi connectivity index (χ1) is 18.0. The van der Waals surface area contributed by atoms with Crippen molar-refractivity contribution in [1.29, 1.82) is 0 Å². The number of azo groups is 1. The first-order valence-electron chi connectivity index (χ1n) is 11.0. The first-order valence-corrected chi connectivity index (χ1v) is 15.4. The lowest BCUT2D eigenvalue weighted by Crippen LogP contribution is -2.24. The van der Waals surface area contributed by atoms with Crippen LogP contribution in [0.25, 0.3) is 0 Å². The fraction of sp³-hybridized carbons (Fsp3) is 0.238. The van der Waals surface area contributed by atoms with Crippen LogP contribution in [-0.2, 0) is 30.4 Å². The van der Waals surface area contributed by atoms with Crippen LogP contribution in [0.3, 0.4) is 0 Å². The molecule has 210 valence electrons. The van der Waals surface area contributed by atoms with Gasteiger partial charge >= 0.3 is 0 Å². The molecule has 1 heterocycles. The van der Waals surface area contributed by atoms with Gasteiger partial charge < -0.3 is 10.2 Å². The van der Waals surface area contributed by atoms with Gasteiger partial charge in [-0.2, -0.15) is 30.2 Å². The molecule has 39 heavy (non-hydrogen) atoms. The second kappa shape index (κ2) is 11.3. The number of aromatic nitrogens is 2. The van der Waals surface area contributed by atoms with Gasteiger partial charge in [0.15, 0.2) is 5.82 Å². The lowest BCUT2D eigenvalue weighted by molar-refractivity contribution is 0.478. The molecule has 0 aliphatic rings. The highest BCUT2D eigenvalue weighted by Gasteiger charge is 2.21. The molecular weight excluding hydrogens is 576 g/mol. The Morgan fingerprint density at radius 2 is 1.36 bits per heavy atom. The average Bonchev–Trinajstić information content (AvgIpc) is 2.83. The Hall–Kier alpha value is -3.55. The zero-order chi connectivity index (χ0) is 29.2. The topological polar surface area (TPSA) is 229 Å². The summed E-state index contributed by atoms with van der Waals surface area (Å²) < 4.78 is 97.6. The molecule has 4 N–H and O–H groups in total. The smallest absolute Gasteiger partial charge is 0.296 e. The molecule has 2 aromatic carbocycles. The number of anilines is 3. The van der Waals surface area contributed by atoms with Crippen molar-refractivity contribution in [3.63, 3.8) is 0 Å². The largest absolute Gasteiger partial charge is 0.341 e. The van der Waals surface area contributed by atoms with Crippen LogP contribution in [0.2, 0.25) is 0 Å². The molecular formula is C21H24N6O9S3. The third-order valence-electron chi connectivity index (χ3n) is 5.27. The van der Waals surface area contributed by atoms with E-state index in [1.165, 1.54) is 12.1 Å². The van der Waals surface area contributed by atoms with E-state index < -0.39 is 45.8 Å². The van der Waals surface area contributed by atoms with Gasteiger partial charge in [-0.25, -0.2) is 4.98 Å². The molecule has 0 aliphatic carbocycles. The number of hydrogen-bond acceptors (Lipinski definition) is 12. The van der Waals surface area contributed by atoms with Gasteiger partial charge in [-0.15, -0.1) is 10.2 Å². The van der Waals surface area contributed by atoms with Gasteiger partial charge in [0.25, 0.3) is 30.4 Å². The summed E-state index contributed by atoms with van der Waals surface area (Å²) in [5.74, 6) is 0.368. The van der Waals surface area contributed by atoms with E-state index in [1.807, 2.05) is 18.7 Å². The molecule has 0 saturated carbocycles. The summed E-state index contributed by atoms with van der Waals surface area (Å²) in [5.41, 5.74) is -0.00639. The van der Waals surface area contributed by atoms with E-state index in [1.54, 1.807) is 6.92 Å². The highest BCUT2D eigenvalue weighted by molar-refractivity contribution is 7.86. The van der Waals surface area contributed by atoms with Crippen LogP contribution < -0.4 is 10.2 Å². The van der Waals surface area contributed by atoms with E-state index in [2.05, 4.69) is 25.5 Å². The Morgan fingerprint density at radius 3 is 1.87 bits per heavy atom. The van der Waals surface area contributed by atoms with Crippen LogP contribution in [0.4, 0.5) is 28.8 Å². The number of nitrogens with one attached hydrogen (secondary N) is 1. The molecule has 1 aromatic heterocycles. The van der Waals surface area contributed by atoms with E-state index in [0.29, 0.717) is 30.8 Å². The second-order valence-corrected chi connectivity index (χ2v) is 12.1. The average molecular weight is 601 g/mol. The van der Waals surface area contributed by atoms with Crippen molar-refractivity contribution in [2.24, 2.45) is 10.2 Å². The summed E-state index contributed by atoms with van der Waals surface area (Å²) in [5, 5.41) is 10.8. The summed E-state index contributed by atoms with van der Waals surface area (Å²) in [7, 11) is -14.0. The second-order valence-electron chi connectivity index (χ2n) is 7.88. The molecule has 0 fully saturated rings. The molecule has 3 aromatic rings. The summed E-state index contributed by atoms with van der Waals surface area (Å²) in [6.45, 7) is 6.44. The SMILES string of the molecule is CCN(CC)c1nc(C)c(N=Nc2cc(S(=O)(=O)O)ccc2S(=O)(=O)O)c(Nc2ccc(S(=O)(=O)O)cc2)n1. The van der Waals surface area contributed by atoms with Crippen molar-refractivity contribution in [3.8, 4) is 0 Å². The minimum atomic E-state index is -4.86. The van der Waals surface area contributed by atoms with Crippen LogP contribution in [0.15, 0.2) is 67.4 Å². The van der Waals surface area contributed by atoms with Gasteiger partial charge in [-0.1, -0.05) is 0 Å². The summed E-state index contributed by atoms with van der Waals surface area (Å²) in [4.78, 5) is 8.90. The molecule has 0 aliphatic heterocycles. The van der Waals surface area contributed by atoms with Gasteiger partial charge in [-0.3, -0.25) is 13.7 Å². The molecule has 18 heteroatoms. The monoisotopic (exact) mass is 600 g/mol. The Bertz CT molecular complexity index is 1740. The standard InChI is InChI=1S/C21H24N6O9S3/c1-4-27(5-2)21-22-13(3)19(20(24-21)23-14-6-8-15(9-7-14)37(28,29)30)26-25-17-12-16(38(31,32)33)10-11-18(17)39(34,35)36/h6-12H,4-5H2,1-3H3,(H,22,23,24)(H,28,29,30)(H,31,32,33)(H,34,35,36). The summed E-state index contributed by atoms with van der Waals surface area (Å²) in [6.07, 6.45) is 0. The summed E-state index contributed by atoms with van der Waals surface area (Å²) >= 11 is 0. The van der Waals surface area contributed by atoms with Crippen LogP contribution in [0.1, 0.15) is 19.5 Å². The van der Waals surface area contributed by atoms with Crippen molar-refractivity contribution in [1.82, 2.24) is 9.97 Å². The van der Waals surface area contributed by atoms with Crippen LogP contribution >= 0.6 is 0 Å². The zero-order valence-electron chi connectivity index (χ0n) is 20.7. The van der Waals surface area contributed by atoms with Crippen LogP contribution in [0.5, 0.6) is 0 Å². The van der Waals surface area contributed by atoms with Crippen molar-refractivity contribution >= 4 is 59.2 Å². The summed E-state index contributed by atoms with van der Waals surface area (Å²) in [6, 6.07) is 7.23. The van der Waals surface area contributed by atoms with Gasteiger partial charge in [0.1, 0.15) is 16.3 Å². The maximum atomic E-state index is 11.8. The predicted molar refractivity (Wildman–Crippen MR) is 140 cm³/mol. The fourth-order valence-electron chi connectivity index (χ4n) is 3.31. The van der Waals surface area contributed by atoms with E-state index in [-0.39, 0.29) is 22.1 Å². The van der Waals surface area contributed by atoms with Crippen molar-refractivity contribution in [3.05, 3.63) is 48.2 Å². The molecule has 0 radical (unpaired) electrons. The minimum Gasteiger partial charge on any atom is -0.341 e. The highest BCUT2D eigenvalue weighted by atomic mass is 32.2. The third-order valence-corrected chi connectivity index (χ3v) is 7.89. The zero-order valence-corrected chi connectivity index (χ0v) is 23.2. The first kappa shape index (κ1) is 30.0. The molecule has 0 amide bonds. The van der Waals surface area contributed by atoms with E-state index in [9.17, 15) is 38.9 Å². The molecule has 3 rings (SSSR count). The maximum absolute atomic E-state index is 11.8. The number of rotatable bonds is 10. The van der Waals surface area contributed by atoms with Gasteiger partial charge in [0.2, 0.25) is 5.95 Å². The van der Waals surface area contributed by atoms with Gasteiger partial charge in [-0.05, 0) is 63.2 Å². The molecule has 0 unspecified atom stereocenters. The Kier molecular flexibility index (Phi) is 8.68. The molecule has 0 saturated heterocycles. The normalized spacial score (nSPS) is 12.6. The Morgan fingerprint density at radius 1 is 0.795 bits per heavy atom. The number of nitrogens with zero attached hydrogens (tertiary/aromatic N) is 5. The molecule has 0 bridgehead atoms. The predicted octanol–water partition coefficient (Wildman–Crippen LogP) is 3.53. The number of hydrogen-bond donors (Lipinski definition) is 4. The quantitative estimate of drug-likeness (QED) is 0.193. The fourth-order valence-corrected chi connectivity index (χ4v) is 4.90. The Labute approximate surface area is 224 Å². The number of aryl methyl sites for hydroxylation is 1. The lowest BCUT2D eigenvalue weighted by Gasteiger charge is -2.20. The highest BCUT2D eigenvalue weighted by Crippen LogP contribution is 2.35. The van der Waals surface area contributed by atoms with Gasteiger partial charge in [0, 0.05) is 18.8 Å². The lowest BCUT2D eigenvalue weighted by atomic mass is 10.3. The molecule has 0 spiro atoms. The van der Waals surface area contributed by atoms with Crippen molar-refractivity contribution < 1.29 is 38.9 Å². The van der Waals surface area contributed by atoms with Crippen molar-refractivity contribution in [2.75, 3.05) is 23.3 Å².